The molecule has 5 rings (SSSR count). The number of aromatic nitrogens is 4. The highest BCUT2D eigenvalue weighted by atomic mass is 19.1. The van der Waals surface area contributed by atoms with Crippen molar-refractivity contribution in [2.45, 2.75) is 64.4 Å². The molecule has 1 aromatic carbocycles. The Morgan fingerprint density at radius 1 is 1.17 bits per heavy atom. The van der Waals surface area contributed by atoms with Gasteiger partial charge in [-0.25, -0.2) is 19.3 Å². The fourth-order valence-electron chi connectivity index (χ4n) is 5.28. The van der Waals surface area contributed by atoms with Crippen molar-refractivity contribution in [2.75, 3.05) is 11.5 Å². The molecule has 9 heteroatoms. The summed E-state index contributed by atoms with van der Waals surface area (Å²) in [5.74, 6) is -0.494. The van der Waals surface area contributed by atoms with Crippen molar-refractivity contribution < 1.29 is 14.2 Å². The zero-order valence-electron chi connectivity index (χ0n) is 20.2. The molecule has 1 saturated carbocycles. The number of nitrogens with zero attached hydrogens (tertiary/aromatic N) is 4. The van der Waals surface area contributed by atoms with E-state index in [1.54, 1.807) is 19.9 Å². The molecule has 8 nitrogen and oxygen atoms in total. The number of rotatable bonds is 6. The molecule has 0 radical (unpaired) electrons. The number of benzene rings is 1. The van der Waals surface area contributed by atoms with Gasteiger partial charge in [-0.3, -0.25) is 0 Å². The number of hydrogen-bond acceptors (Lipinski definition) is 7. The zero-order valence-corrected chi connectivity index (χ0v) is 20.2. The van der Waals surface area contributed by atoms with Crippen LogP contribution < -0.4 is 11.5 Å². The molecule has 0 spiro atoms. The van der Waals surface area contributed by atoms with Gasteiger partial charge in [0.15, 0.2) is 5.79 Å². The Kier molecular flexibility index (Phi) is 5.85. The van der Waals surface area contributed by atoms with E-state index in [1.165, 1.54) is 12.4 Å². The molecule has 35 heavy (non-hydrogen) atoms. The lowest BCUT2D eigenvalue weighted by atomic mass is 9.95. The normalized spacial score (nSPS) is 20.8. The number of nitrogens with two attached hydrogens (primary N) is 2. The van der Waals surface area contributed by atoms with Crippen molar-refractivity contribution >= 4 is 33.6 Å². The molecular formula is C26H31FN6O2. The van der Waals surface area contributed by atoms with Gasteiger partial charge in [-0.05, 0) is 87.8 Å². The highest BCUT2D eigenvalue weighted by molar-refractivity contribution is 5.86. The molecule has 3 atom stereocenters. The van der Waals surface area contributed by atoms with E-state index < -0.39 is 5.79 Å². The van der Waals surface area contributed by atoms with Crippen molar-refractivity contribution in [3.05, 3.63) is 53.7 Å². The number of anilines is 2. The summed E-state index contributed by atoms with van der Waals surface area (Å²) in [6, 6.07) is 7.22. The van der Waals surface area contributed by atoms with Crippen LogP contribution in [0.1, 0.15) is 50.3 Å². The molecular weight excluding hydrogens is 447 g/mol. The van der Waals surface area contributed by atoms with Crippen LogP contribution in [0.15, 0.2) is 36.8 Å². The number of ether oxygens (including phenoxy) is 1. The average Bonchev–Trinajstić information content (AvgIpc) is 3.37. The van der Waals surface area contributed by atoms with Gasteiger partial charge >= 0.3 is 0 Å². The van der Waals surface area contributed by atoms with E-state index in [9.17, 15) is 9.50 Å². The maximum atomic E-state index is 14.9. The van der Waals surface area contributed by atoms with E-state index >= 15 is 0 Å². The SMILES string of the molecule is Cc1cc2cc(F)c(CCC3CC(n4ccc5c(N)ncnc54)C[C@@H]3OC(C)(C)O)cc2nc1N. The third-order valence-corrected chi connectivity index (χ3v) is 6.98. The molecule has 5 N–H and O–H groups in total. The molecule has 0 bridgehead atoms. The number of nitrogen functional groups attached to an aromatic ring is 2. The Balaban J connectivity index is 1.39. The summed E-state index contributed by atoms with van der Waals surface area (Å²) < 4.78 is 23.1. The van der Waals surface area contributed by atoms with Gasteiger partial charge in [0.1, 0.15) is 29.4 Å². The lowest BCUT2D eigenvalue weighted by Crippen LogP contribution is -2.32. The van der Waals surface area contributed by atoms with Crippen LogP contribution in [0.2, 0.25) is 0 Å². The largest absolute Gasteiger partial charge is 0.383 e. The van der Waals surface area contributed by atoms with Crippen molar-refractivity contribution in [2.24, 2.45) is 5.92 Å². The van der Waals surface area contributed by atoms with Gasteiger partial charge in [0.2, 0.25) is 0 Å². The number of fused-ring (bicyclic) bond motifs is 2. The van der Waals surface area contributed by atoms with Crippen molar-refractivity contribution in [3.63, 3.8) is 0 Å². The van der Waals surface area contributed by atoms with Crippen LogP contribution in [0.3, 0.4) is 0 Å². The number of pyridine rings is 1. The van der Waals surface area contributed by atoms with E-state index in [2.05, 4.69) is 19.5 Å². The summed E-state index contributed by atoms with van der Waals surface area (Å²) in [5, 5.41) is 11.9. The lowest BCUT2D eigenvalue weighted by Gasteiger charge is -2.27. The second-order valence-corrected chi connectivity index (χ2v) is 10.1. The summed E-state index contributed by atoms with van der Waals surface area (Å²) in [4.78, 5) is 12.9. The van der Waals surface area contributed by atoms with Crippen LogP contribution >= 0.6 is 0 Å². The first-order chi connectivity index (χ1) is 16.6. The molecule has 3 heterocycles. The average molecular weight is 479 g/mol. The quantitative estimate of drug-likeness (QED) is 0.353. The highest BCUT2D eigenvalue weighted by Crippen LogP contribution is 2.42. The minimum absolute atomic E-state index is 0.116. The lowest BCUT2D eigenvalue weighted by molar-refractivity contribution is -0.212. The Labute approximate surface area is 203 Å². The van der Waals surface area contributed by atoms with Crippen LogP contribution in [0.25, 0.3) is 21.9 Å². The van der Waals surface area contributed by atoms with Crippen LogP contribution in [0, 0.1) is 18.7 Å². The fraction of sp³-hybridized carbons (Fsp3) is 0.423. The van der Waals surface area contributed by atoms with Gasteiger partial charge in [-0.1, -0.05) is 0 Å². The second-order valence-electron chi connectivity index (χ2n) is 10.1. The third-order valence-electron chi connectivity index (χ3n) is 6.98. The van der Waals surface area contributed by atoms with Gasteiger partial charge in [0, 0.05) is 17.6 Å². The molecule has 184 valence electrons. The predicted molar refractivity (Wildman–Crippen MR) is 134 cm³/mol. The fourth-order valence-corrected chi connectivity index (χ4v) is 5.28. The van der Waals surface area contributed by atoms with E-state index in [0.717, 1.165) is 28.4 Å². The molecule has 4 aromatic rings. The van der Waals surface area contributed by atoms with E-state index in [1.807, 2.05) is 25.3 Å². The molecule has 3 aromatic heterocycles. The first-order valence-corrected chi connectivity index (χ1v) is 11.9. The minimum Gasteiger partial charge on any atom is -0.383 e. The van der Waals surface area contributed by atoms with E-state index in [0.29, 0.717) is 42.0 Å². The van der Waals surface area contributed by atoms with Crippen LogP contribution in [-0.4, -0.2) is 36.5 Å². The Morgan fingerprint density at radius 2 is 1.97 bits per heavy atom. The van der Waals surface area contributed by atoms with Crippen LogP contribution in [0.4, 0.5) is 16.0 Å². The maximum absolute atomic E-state index is 14.9. The molecule has 1 fully saturated rings. The number of halogens is 1. The molecule has 0 aliphatic heterocycles. The zero-order chi connectivity index (χ0) is 24.9. The van der Waals surface area contributed by atoms with E-state index in [4.69, 9.17) is 16.2 Å². The van der Waals surface area contributed by atoms with Crippen LogP contribution in [-0.2, 0) is 11.2 Å². The summed E-state index contributed by atoms with van der Waals surface area (Å²) in [6.07, 6.45) is 6.02. The van der Waals surface area contributed by atoms with Crippen molar-refractivity contribution in [1.29, 1.82) is 0 Å². The molecule has 0 amide bonds. The van der Waals surface area contributed by atoms with Gasteiger partial charge in [-0.15, -0.1) is 0 Å². The predicted octanol–water partition coefficient (Wildman–Crippen LogP) is 4.29. The topological polar surface area (TPSA) is 125 Å². The monoisotopic (exact) mass is 478 g/mol. The van der Waals surface area contributed by atoms with Crippen LogP contribution in [0.5, 0.6) is 0 Å². The number of hydrogen-bond donors (Lipinski definition) is 3. The summed E-state index contributed by atoms with van der Waals surface area (Å²) >= 11 is 0. The third kappa shape index (κ3) is 4.66. The van der Waals surface area contributed by atoms with Gasteiger partial charge in [0.25, 0.3) is 0 Å². The Hall–Kier alpha value is -3.30. The molecule has 2 unspecified atom stereocenters. The highest BCUT2D eigenvalue weighted by Gasteiger charge is 2.39. The maximum Gasteiger partial charge on any atom is 0.160 e. The second kappa shape index (κ2) is 8.73. The summed E-state index contributed by atoms with van der Waals surface area (Å²) in [6.45, 7) is 5.13. The molecule has 1 aliphatic rings. The summed E-state index contributed by atoms with van der Waals surface area (Å²) in [7, 11) is 0. The van der Waals surface area contributed by atoms with Gasteiger partial charge in [0.05, 0.1) is 17.0 Å². The van der Waals surface area contributed by atoms with Gasteiger partial charge in [-0.2, -0.15) is 0 Å². The number of aliphatic hydroxyl groups is 1. The van der Waals surface area contributed by atoms with Gasteiger partial charge < -0.3 is 25.9 Å². The summed E-state index contributed by atoms with van der Waals surface area (Å²) in [5.41, 5.74) is 14.9. The minimum atomic E-state index is -1.27. The Bertz CT molecular complexity index is 1400. The molecule has 1 aliphatic carbocycles. The van der Waals surface area contributed by atoms with Crippen molar-refractivity contribution in [3.8, 4) is 0 Å². The van der Waals surface area contributed by atoms with Crippen molar-refractivity contribution in [1.82, 2.24) is 19.5 Å². The Morgan fingerprint density at radius 3 is 2.74 bits per heavy atom. The first-order valence-electron chi connectivity index (χ1n) is 11.9. The number of aryl methyl sites for hydroxylation is 2. The first kappa shape index (κ1) is 23.4. The molecule has 0 saturated heterocycles. The smallest absolute Gasteiger partial charge is 0.160 e. The van der Waals surface area contributed by atoms with E-state index in [-0.39, 0.29) is 23.9 Å². The standard InChI is InChI=1S/C26H31FN6O2/c1-14-8-17-10-20(27)15(11-21(17)32-23(14)28)4-5-16-9-18(12-22(16)35-26(2,3)34)33-7-6-19-24(29)30-13-31-25(19)33/h6-8,10-11,13,16,18,22,34H,4-5,9,12H2,1-3H3,(H2,28,32)(H2,29,30,31)/t16?,18?,22-/m0/s1.